The summed E-state index contributed by atoms with van der Waals surface area (Å²) in [7, 11) is 0. The molecule has 0 atom stereocenters. The first kappa shape index (κ1) is 17.6. The molecule has 1 aromatic heterocycles. The minimum atomic E-state index is -0.611. The maximum absolute atomic E-state index is 13.9. The van der Waals surface area contributed by atoms with E-state index >= 15 is 0 Å². The summed E-state index contributed by atoms with van der Waals surface area (Å²) in [6.45, 7) is 2.19. The van der Waals surface area contributed by atoms with Crippen molar-refractivity contribution < 1.29 is 13.5 Å². The summed E-state index contributed by atoms with van der Waals surface area (Å²) in [6, 6.07) is 13.6. The fourth-order valence-electron chi connectivity index (χ4n) is 2.31. The van der Waals surface area contributed by atoms with Gasteiger partial charge in [-0.3, -0.25) is 10.9 Å². The number of rotatable bonds is 7. The van der Waals surface area contributed by atoms with Crippen LogP contribution in [0.15, 0.2) is 54.7 Å². The van der Waals surface area contributed by atoms with E-state index in [4.69, 9.17) is 4.74 Å². The first-order valence-electron chi connectivity index (χ1n) is 8.15. The molecule has 3 rings (SSSR count). The van der Waals surface area contributed by atoms with Crippen LogP contribution in [0.5, 0.6) is 6.01 Å². The summed E-state index contributed by atoms with van der Waals surface area (Å²) in [5.41, 5.74) is 8.37. The number of halogens is 2. The predicted molar refractivity (Wildman–Crippen MR) is 95.8 cm³/mol. The van der Waals surface area contributed by atoms with Gasteiger partial charge in [0.1, 0.15) is 12.4 Å². The standard InChI is InChI=1S/C19H18F2N4O/c1-2-14-5-3-4-6-17(14)24-25-18-16(21)11-22-19(23-18)26-12-13-7-9-15(20)10-8-13/h3-11,24H,2,12H2,1H3,(H,22,23,25). The van der Waals surface area contributed by atoms with Crippen LogP contribution in [0.25, 0.3) is 0 Å². The number of nitrogens with one attached hydrogen (secondary N) is 2. The summed E-state index contributed by atoms with van der Waals surface area (Å²) >= 11 is 0. The van der Waals surface area contributed by atoms with E-state index in [0.29, 0.717) is 0 Å². The zero-order chi connectivity index (χ0) is 18.4. The van der Waals surface area contributed by atoms with E-state index in [1.807, 2.05) is 31.2 Å². The monoisotopic (exact) mass is 356 g/mol. The molecule has 0 aliphatic carbocycles. The molecule has 0 bridgehead atoms. The van der Waals surface area contributed by atoms with Gasteiger partial charge in [0, 0.05) is 0 Å². The maximum Gasteiger partial charge on any atom is 0.318 e. The van der Waals surface area contributed by atoms with Gasteiger partial charge in [0.15, 0.2) is 11.6 Å². The maximum atomic E-state index is 13.9. The Morgan fingerprint density at radius 3 is 2.54 bits per heavy atom. The summed E-state index contributed by atoms with van der Waals surface area (Å²) in [5.74, 6) is -0.961. The number of hydrogen-bond acceptors (Lipinski definition) is 5. The Hall–Kier alpha value is -3.22. The molecular weight excluding hydrogens is 338 g/mol. The van der Waals surface area contributed by atoms with Gasteiger partial charge in [-0.1, -0.05) is 37.3 Å². The number of aryl methyl sites for hydroxylation is 1. The van der Waals surface area contributed by atoms with Gasteiger partial charge in [0.05, 0.1) is 11.9 Å². The minimum absolute atomic E-state index is 0.0174. The first-order chi connectivity index (χ1) is 12.7. The number of anilines is 2. The number of benzene rings is 2. The third-order valence-electron chi connectivity index (χ3n) is 3.72. The molecule has 0 fully saturated rings. The number of nitrogens with zero attached hydrogens (tertiary/aromatic N) is 2. The average molecular weight is 356 g/mol. The molecule has 26 heavy (non-hydrogen) atoms. The molecular formula is C19H18F2N4O. The van der Waals surface area contributed by atoms with E-state index in [1.165, 1.54) is 12.1 Å². The van der Waals surface area contributed by atoms with E-state index in [1.54, 1.807) is 12.1 Å². The average Bonchev–Trinajstić information content (AvgIpc) is 2.67. The van der Waals surface area contributed by atoms with Crippen LogP contribution in [-0.2, 0) is 13.0 Å². The highest BCUT2D eigenvalue weighted by Crippen LogP contribution is 2.18. The van der Waals surface area contributed by atoms with Crippen molar-refractivity contribution in [2.45, 2.75) is 20.0 Å². The summed E-state index contributed by atoms with van der Waals surface area (Å²) < 4.78 is 32.3. The Kier molecular flexibility index (Phi) is 5.58. The van der Waals surface area contributed by atoms with Crippen molar-refractivity contribution in [2.75, 3.05) is 10.9 Å². The van der Waals surface area contributed by atoms with Crippen LogP contribution >= 0.6 is 0 Å². The Balaban J connectivity index is 1.66. The van der Waals surface area contributed by atoms with E-state index in [2.05, 4.69) is 20.8 Å². The van der Waals surface area contributed by atoms with Gasteiger partial charge in [0.25, 0.3) is 0 Å². The lowest BCUT2D eigenvalue weighted by Crippen LogP contribution is -2.14. The molecule has 0 unspecified atom stereocenters. The second-order valence-corrected chi connectivity index (χ2v) is 5.52. The van der Waals surface area contributed by atoms with Crippen molar-refractivity contribution >= 4 is 11.5 Å². The predicted octanol–water partition coefficient (Wildman–Crippen LogP) is 4.34. The van der Waals surface area contributed by atoms with Crippen LogP contribution in [0.4, 0.5) is 20.3 Å². The van der Waals surface area contributed by atoms with Crippen LogP contribution in [-0.4, -0.2) is 9.97 Å². The highest BCUT2D eigenvalue weighted by Gasteiger charge is 2.09. The highest BCUT2D eigenvalue weighted by molar-refractivity contribution is 5.55. The lowest BCUT2D eigenvalue weighted by molar-refractivity contribution is 0.279. The minimum Gasteiger partial charge on any atom is -0.459 e. The molecule has 0 aliphatic heterocycles. The summed E-state index contributed by atoms with van der Waals surface area (Å²) in [5, 5.41) is 0. The van der Waals surface area contributed by atoms with Crippen LogP contribution in [0.1, 0.15) is 18.1 Å². The molecule has 5 nitrogen and oxygen atoms in total. The third kappa shape index (κ3) is 4.44. The zero-order valence-electron chi connectivity index (χ0n) is 14.2. The molecule has 134 valence electrons. The normalized spacial score (nSPS) is 10.4. The quantitative estimate of drug-likeness (QED) is 0.617. The second-order valence-electron chi connectivity index (χ2n) is 5.52. The molecule has 0 saturated carbocycles. The molecule has 2 aromatic carbocycles. The van der Waals surface area contributed by atoms with Crippen molar-refractivity contribution in [3.63, 3.8) is 0 Å². The molecule has 0 spiro atoms. The van der Waals surface area contributed by atoms with Gasteiger partial charge >= 0.3 is 6.01 Å². The SMILES string of the molecule is CCc1ccccc1NNc1nc(OCc2ccc(F)cc2)ncc1F. The van der Waals surface area contributed by atoms with Gasteiger partial charge in [-0.15, -0.1) is 0 Å². The van der Waals surface area contributed by atoms with Gasteiger partial charge in [0.2, 0.25) is 0 Å². The molecule has 0 aliphatic rings. The van der Waals surface area contributed by atoms with E-state index in [-0.39, 0.29) is 24.3 Å². The lowest BCUT2D eigenvalue weighted by atomic mass is 10.1. The Bertz CT molecular complexity index is 872. The molecule has 1 heterocycles. The Morgan fingerprint density at radius 2 is 1.77 bits per heavy atom. The largest absolute Gasteiger partial charge is 0.459 e. The Morgan fingerprint density at radius 1 is 1.00 bits per heavy atom. The fourth-order valence-corrected chi connectivity index (χ4v) is 2.31. The van der Waals surface area contributed by atoms with Crippen LogP contribution in [0, 0.1) is 11.6 Å². The van der Waals surface area contributed by atoms with E-state index in [0.717, 1.165) is 29.4 Å². The number of ether oxygens (including phenoxy) is 1. The van der Waals surface area contributed by atoms with Crippen molar-refractivity contribution in [3.05, 3.63) is 77.5 Å². The Labute approximate surface area is 150 Å². The van der Waals surface area contributed by atoms with Crippen LogP contribution in [0.2, 0.25) is 0 Å². The molecule has 2 N–H and O–H groups in total. The molecule has 0 radical (unpaired) electrons. The van der Waals surface area contributed by atoms with Crippen molar-refractivity contribution in [1.29, 1.82) is 0 Å². The smallest absolute Gasteiger partial charge is 0.318 e. The van der Waals surface area contributed by atoms with Crippen LogP contribution < -0.4 is 15.6 Å². The molecule has 7 heteroatoms. The van der Waals surface area contributed by atoms with E-state index in [9.17, 15) is 8.78 Å². The summed E-state index contributed by atoms with van der Waals surface area (Å²) in [6.07, 6.45) is 1.87. The number of hydrogen-bond donors (Lipinski definition) is 2. The van der Waals surface area contributed by atoms with Crippen molar-refractivity contribution in [3.8, 4) is 6.01 Å². The van der Waals surface area contributed by atoms with E-state index < -0.39 is 5.82 Å². The first-order valence-corrected chi connectivity index (χ1v) is 8.15. The summed E-state index contributed by atoms with van der Waals surface area (Å²) in [4.78, 5) is 7.83. The number of aromatic nitrogens is 2. The number of para-hydroxylation sites is 1. The highest BCUT2D eigenvalue weighted by atomic mass is 19.1. The molecule has 0 saturated heterocycles. The van der Waals surface area contributed by atoms with Gasteiger partial charge in [-0.2, -0.15) is 4.98 Å². The van der Waals surface area contributed by atoms with Crippen LogP contribution in [0.3, 0.4) is 0 Å². The lowest BCUT2D eigenvalue weighted by Gasteiger charge is -2.13. The topological polar surface area (TPSA) is 59.1 Å². The van der Waals surface area contributed by atoms with Gasteiger partial charge in [-0.25, -0.2) is 13.8 Å². The van der Waals surface area contributed by atoms with Gasteiger partial charge in [-0.05, 0) is 35.7 Å². The van der Waals surface area contributed by atoms with Crippen molar-refractivity contribution in [1.82, 2.24) is 9.97 Å². The second kappa shape index (κ2) is 8.24. The zero-order valence-corrected chi connectivity index (χ0v) is 14.2. The molecule has 3 aromatic rings. The number of hydrazine groups is 1. The fraction of sp³-hybridized carbons (Fsp3) is 0.158. The van der Waals surface area contributed by atoms with Crippen molar-refractivity contribution in [2.24, 2.45) is 0 Å². The molecule has 0 amide bonds. The third-order valence-corrected chi connectivity index (χ3v) is 3.72. The van der Waals surface area contributed by atoms with Gasteiger partial charge < -0.3 is 4.74 Å².